The lowest BCUT2D eigenvalue weighted by atomic mass is 9.86. The molecular weight excluding hydrogens is 352 g/mol. The van der Waals surface area contributed by atoms with Crippen LogP contribution in [0.3, 0.4) is 0 Å². The average molecular weight is 380 g/mol. The number of hydrogen-bond donors (Lipinski definition) is 1. The molecule has 28 heavy (non-hydrogen) atoms. The summed E-state index contributed by atoms with van der Waals surface area (Å²) in [5, 5.41) is 2.87. The van der Waals surface area contributed by atoms with Gasteiger partial charge < -0.3 is 10.1 Å². The third-order valence-corrected chi connectivity index (χ3v) is 4.93. The fourth-order valence-corrected chi connectivity index (χ4v) is 3.14. The van der Waals surface area contributed by atoms with Gasteiger partial charge in [-0.25, -0.2) is 0 Å². The molecule has 0 fully saturated rings. The molecule has 1 N–H and O–H groups in total. The van der Waals surface area contributed by atoms with Crippen LogP contribution in [0.15, 0.2) is 42.5 Å². The van der Waals surface area contributed by atoms with Crippen LogP contribution in [-0.2, 0) is 15.0 Å². The summed E-state index contributed by atoms with van der Waals surface area (Å²) in [6, 6.07) is 13.6. The highest BCUT2D eigenvalue weighted by Gasteiger charge is 2.28. The summed E-state index contributed by atoms with van der Waals surface area (Å²) in [6.45, 7) is 10.5. The van der Waals surface area contributed by atoms with Crippen LogP contribution in [0.4, 0.5) is 11.4 Å². The summed E-state index contributed by atoms with van der Waals surface area (Å²) >= 11 is 0. The van der Waals surface area contributed by atoms with E-state index < -0.39 is 0 Å². The van der Waals surface area contributed by atoms with Crippen LogP contribution in [0.25, 0.3) is 0 Å². The second-order valence-corrected chi connectivity index (χ2v) is 8.53. The van der Waals surface area contributed by atoms with Crippen molar-refractivity contribution >= 4 is 23.2 Å². The Bertz CT molecular complexity index is 880. The lowest BCUT2D eigenvalue weighted by molar-refractivity contribution is -0.123. The number of ether oxygens (including phenoxy) is 1. The zero-order valence-corrected chi connectivity index (χ0v) is 17.2. The molecule has 2 aromatic carbocycles. The third-order valence-electron chi connectivity index (χ3n) is 4.93. The molecule has 5 nitrogen and oxygen atoms in total. The molecule has 0 spiro atoms. The highest BCUT2D eigenvalue weighted by Crippen LogP contribution is 2.36. The van der Waals surface area contributed by atoms with Crippen molar-refractivity contribution in [2.24, 2.45) is 0 Å². The van der Waals surface area contributed by atoms with Crippen LogP contribution >= 0.6 is 0 Å². The molecule has 5 heteroatoms. The first-order valence-corrected chi connectivity index (χ1v) is 9.62. The molecule has 1 heterocycles. The van der Waals surface area contributed by atoms with E-state index in [0.717, 1.165) is 11.3 Å². The molecule has 148 valence electrons. The van der Waals surface area contributed by atoms with Crippen molar-refractivity contribution in [2.45, 2.75) is 46.0 Å². The molecule has 1 aliphatic rings. The van der Waals surface area contributed by atoms with Crippen LogP contribution in [0, 0.1) is 0 Å². The summed E-state index contributed by atoms with van der Waals surface area (Å²) < 4.78 is 5.61. The van der Waals surface area contributed by atoms with Crippen LogP contribution in [0.1, 0.15) is 51.7 Å². The number of nitrogens with one attached hydrogen (secondary N) is 1. The van der Waals surface area contributed by atoms with E-state index in [1.165, 1.54) is 10.5 Å². The van der Waals surface area contributed by atoms with E-state index in [2.05, 4.69) is 39.9 Å². The smallest absolute Gasteiger partial charge is 0.265 e. The Morgan fingerprint density at radius 1 is 1.14 bits per heavy atom. The summed E-state index contributed by atoms with van der Waals surface area (Å²) in [6.07, 6.45) is 0. The van der Waals surface area contributed by atoms with Crippen molar-refractivity contribution in [1.29, 1.82) is 0 Å². The van der Waals surface area contributed by atoms with Gasteiger partial charge in [-0.1, -0.05) is 52.8 Å². The monoisotopic (exact) mass is 380 g/mol. The van der Waals surface area contributed by atoms with Crippen molar-refractivity contribution < 1.29 is 14.3 Å². The van der Waals surface area contributed by atoms with Crippen molar-refractivity contribution in [1.82, 2.24) is 0 Å². The van der Waals surface area contributed by atoms with E-state index >= 15 is 0 Å². The first-order valence-electron chi connectivity index (χ1n) is 9.62. The van der Waals surface area contributed by atoms with E-state index in [0.29, 0.717) is 17.4 Å². The predicted octanol–water partition coefficient (Wildman–Crippen LogP) is 4.47. The fourth-order valence-electron chi connectivity index (χ4n) is 3.14. The Balaban J connectivity index is 1.75. The Kier molecular flexibility index (Phi) is 5.45. The minimum Gasteiger partial charge on any atom is -0.482 e. The van der Waals surface area contributed by atoms with E-state index in [1.807, 2.05) is 42.5 Å². The summed E-state index contributed by atoms with van der Waals surface area (Å²) in [4.78, 5) is 26.4. The van der Waals surface area contributed by atoms with Gasteiger partial charge >= 0.3 is 0 Å². The highest BCUT2D eigenvalue weighted by atomic mass is 16.5. The van der Waals surface area contributed by atoms with Gasteiger partial charge in [0.15, 0.2) is 6.61 Å². The maximum Gasteiger partial charge on any atom is 0.265 e. The van der Waals surface area contributed by atoms with Crippen molar-refractivity contribution in [3.8, 4) is 5.75 Å². The number of anilines is 2. The molecule has 0 unspecified atom stereocenters. The van der Waals surface area contributed by atoms with Gasteiger partial charge in [-0.2, -0.15) is 0 Å². The Hall–Kier alpha value is -2.82. The minimum atomic E-state index is -0.238. The molecule has 0 aromatic heterocycles. The summed E-state index contributed by atoms with van der Waals surface area (Å²) in [7, 11) is 0. The van der Waals surface area contributed by atoms with Gasteiger partial charge in [0.25, 0.3) is 5.91 Å². The van der Waals surface area contributed by atoms with Gasteiger partial charge in [0.2, 0.25) is 5.91 Å². The van der Waals surface area contributed by atoms with Gasteiger partial charge in [0, 0.05) is 5.69 Å². The fraction of sp³-hybridized carbons (Fsp3) is 0.391. The molecule has 0 bridgehead atoms. The number of carbonyl (C=O) groups excluding carboxylic acids is 2. The minimum absolute atomic E-state index is 0.0236. The van der Waals surface area contributed by atoms with Crippen molar-refractivity contribution in [3.63, 3.8) is 0 Å². The number of hydrogen-bond acceptors (Lipinski definition) is 3. The van der Waals surface area contributed by atoms with Gasteiger partial charge in [0.05, 0.1) is 5.69 Å². The van der Waals surface area contributed by atoms with E-state index in [-0.39, 0.29) is 30.4 Å². The second-order valence-electron chi connectivity index (χ2n) is 8.53. The van der Waals surface area contributed by atoms with Gasteiger partial charge in [-0.05, 0) is 46.7 Å². The van der Waals surface area contributed by atoms with Crippen LogP contribution in [0.2, 0.25) is 0 Å². The third kappa shape index (κ3) is 4.35. The molecule has 0 saturated heterocycles. The topological polar surface area (TPSA) is 58.6 Å². The molecule has 0 radical (unpaired) electrons. The van der Waals surface area contributed by atoms with Crippen molar-refractivity contribution in [3.05, 3.63) is 53.6 Å². The lowest BCUT2D eigenvalue weighted by Crippen LogP contribution is -2.43. The molecule has 2 aromatic rings. The first kappa shape index (κ1) is 19.9. The maximum absolute atomic E-state index is 12.5. The number of amides is 2. The molecule has 0 saturated carbocycles. The Labute approximate surface area is 166 Å². The van der Waals surface area contributed by atoms with Crippen LogP contribution < -0.4 is 15.0 Å². The standard InChI is InChI=1S/C23H28N2O3/c1-15(2)16-6-9-18(10-7-16)24-21(26)13-25-19-11-8-17(23(3,4)5)12-20(19)28-14-22(25)27/h6-12,15H,13-14H2,1-5H3,(H,24,26). The van der Waals surface area contributed by atoms with Gasteiger partial charge in [-0.15, -0.1) is 0 Å². The zero-order chi connectivity index (χ0) is 20.5. The quantitative estimate of drug-likeness (QED) is 0.851. The Morgan fingerprint density at radius 2 is 1.82 bits per heavy atom. The predicted molar refractivity (Wildman–Crippen MR) is 112 cm³/mol. The number of rotatable bonds is 4. The summed E-state index contributed by atoms with van der Waals surface area (Å²) in [5.74, 6) is 0.617. The largest absolute Gasteiger partial charge is 0.482 e. The van der Waals surface area contributed by atoms with Crippen LogP contribution in [0.5, 0.6) is 5.75 Å². The first-order chi connectivity index (χ1) is 13.1. The highest BCUT2D eigenvalue weighted by molar-refractivity contribution is 6.05. The number of benzene rings is 2. The van der Waals surface area contributed by atoms with Crippen LogP contribution in [-0.4, -0.2) is 25.0 Å². The Morgan fingerprint density at radius 3 is 2.43 bits per heavy atom. The van der Waals surface area contributed by atoms with E-state index in [4.69, 9.17) is 4.74 Å². The van der Waals surface area contributed by atoms with Crippen molar-refractivity contribution in [2.75, 3.05) is 23.4 Å². The SMILES string of the molecule is CC(C)c1ccc(NC(=O)CN2C(=O)COc3cc(C(C)(C)C)ccc32)cc1. The van der Waals surface area contributed by atoms with Gasteiger partial charge in [0.1, 0.15) is 12.3 Å². The number of fused-ring (bicyclic) bond motifs is 1. The second kappa shape index (κ2) is 7.66. The van der Waals surface area contributed by atoms with Gasteiger partial charge in [-0.3, -0.25) is 14.5 Å². The number of carbonyl (C=O) groups is 2. The molecule has 3 rings (SSSR count). The molecule has 0 atom stereocenters. The molecule has 2 amide bonds. The average Bonchev–Trinajstić information content (AvgIpc) is 2.63. The normalized spacial score (nSPS) is 13.9. The van der Waals surface area contributed by atoms with E-state index in [9.17, 15) is 9.59 Å². The molecule has 1 aliphatic heterocycles. The summed E-state index contributed by atoms with van der Waals surface area (Å²) in [5.41, 5.74) is 3.66. The zero-order valence-electron chi connectivity index (χ0n) is 17.2. The molecular formula is C23H28N2O3. The van der Waals surface area contributed by atoms with E-state index in [1.54, 1.807) is 0 Å². The number of nitrogens with zero attached hydrogens (tertiary/aromatic N) is 1. The lowest BCUT2D eigenvalue weighted by Gasteiger charge is -2.30. The maximum atomic E-state index is 12.5. The molecule has 0 aliphatic carbocycles.